The van der Waals surface area contributed by atoms with Crippen LogP contribution in [0.25, 0.3) is 0 Å². The van der Waals surface area contributed by atoms with E-state index in [0.717, 1.165) is 11.3 Å². The van der Waals surface area contributed by atoms with Crippen molar-refractivity contribution in [3.05, 3.63) is 58.8 Å². The third-order valence-electron chi connectivity index (χ3n) is 5.17. The topological polar surface area (TPSA) is 69.3 Å². The van der Waals surface area contributed by atoms with Crippen LogP contribution in [0.4, 0.5) is 14.5 Å². The first-order valence-electron chi connectivity index (χ1n) is 9.88. The zero-order chi connectivity index (χ0) is 24.3. The summed E-state index contributed by atoms with van der Waals surface area (Å²) in [7, 11) is 3.92. The monoisotopic (exact) mass is 478 g/mol. The van der Waals surface area contributed by atoms with Crippen LogP contribution in [-0.4, -0.2) is 39.0 Å². The van der Waals surface area contributed by atoms with E-state index in [0.29, 0.717) is 21.9 Å². The molecule has 1 aliphatic rings. The maximum Gasteiger partial charge on any atom is 0.387 e. The van der Waals surface area contributed by atoms with Gasteiger partial charge in [0.05, 0.1) is 32.9 Å². The third-order valence-corrected chi connectivity index (χ3v) is 5.47. The van der Waals surface area contributed by atoms with Crippen LogP contribution < -0.4 is 24.4 Å². The van der Waals surface area contributed by atoms with E-state index in [9.17, 15) is 13.6 Å². The zero-order valence-electron chi connectivity index (χ0n) is 18.8. The number of halogens is 2. The molecule has 0 saturated carbocycles. The molecule has 3 rings (SSSR count). The Balaban J connectivity index is 2.18. The van der Waals surface area contributed by atoms with Gasteiger partial charge in [0.1, 0.15) is 0 Å². The van der Waals surface area contributed by atoms with E-state index in [4.69, 9.17) is 26.4 Å². The predicted molar refractivity (Wildman–Crippen MR) is 123 cm³/mol. The normalized spacial score (nSPS) is 15.9. The van der Waals surface area contributed by atoms with E-state index in [1.165, 1.54) is 33.5 Å². The third kappa shape index (κ3) is 4.85. The van der Waals surface area contributed by atoms with Crippen LogP contribution >= 0.6 is 12.2 Å². The molecule has 1 N–H and O–H groups in total. The summed E-state index contributed by atoms with van der Waals surface area (Å²) >= 11 is 5.63. The average Bonchev–Trinajstić information content (AvgIpc) is 2.78. The summed E-state index contributed by atoms with van der Waals surface area (Å²) < 4.78 is 46.0. The molecule has 0 fully saturated rings. The van der Waals surface area contributed by atoms with E-state index >= 15 is 0 Å². The lowest BCUT2D eigenvalue weighted by atomic mass is 9.94. The number of thiocarbonyl (C=S) groups is 1. The first-order chi connectivity index (χ1) is 15.7. The highest BCUT2D eigenvalue weighted by Gasteiger charge is 2.36. The molecule has 0 bridgehead atoms. The quantitative estimate of drug-likeness (QED) is 0.461. The Labute approximate surface area is 195 Å². The highest BCUT2D eigenvalue weighted by Crippen LogP contribution is 2.43. The largest absolute Gasteiger partial charge is 0.493 e. The van der Waals surface area contributed by atoms with E-state index in [-0.39, 0.29) is 17.2 Å². The Morgan fingerprint density at radius 3 is 2.24 bits per heavy atom. The number of rotatable bonds is 7. The van der Waals surface area contributed by atoms with E-state index < -0.39 is 18.6 Å². The van der Waals surface area contributed by atoms with E-state index in [1.807, 2.05) is 31.2 Å². The molecule has 0 saturated heterocycles. The van der Waals surface area contributed by atoms with Gasteiger partial charge < -0.3 is 24.3 Å². The van der Waals surface area contributed by atoms with Crippen LogP contribution in [0.3, 0.4) is 0 Å². The molecule has 0 unspecified atom stereocenters. The molecular formula is C23H24F2N2O5S. The summed E-state index contributed by atoms with van der Waals surface area (Å²) in [6, 6.07) is 9.88. The van der Waals surface area contributed by atoms with Crippen LogP contribution in [-0.2, 0) is 9.53 Å². The fraction of sp³-hybridized carbons (Fsp3) is 0.304. The van der Waals surface area contributed by atoms with Gasteiger partial charge in [-0.2, -0.15) is 8.78 Å². The molecule has 2 aromatic carbocycles. The molecule has 33 heavy (non-hydrogen) atoms. The molecule has 1 aliphatic heterocycles. The van der Waals surface area contributed by atoms with Crippen molar-refractivity contribution in [3.63, 3.8) is 0 Å². The van der Waals surface area contributed by atoms with E-state index in [2.05, 4.69) is 10.1 Å². The summed E-state index contributed by atoms with van der Waals surface area (Å²) in [6.45, 7) is 0.640. The summed E-state index contributed by atoms with van der Waals surface area (Å²) in [6.07, 6.45) is 0. The van der Waals surface area contributed by atoms with Gasteiger partial charge in [0.15, 0.2) is 16.6 Å². The number of carbonyl (C=O) groups excluding carboxylic acids is 1. The first kappa shape index (κ1) is 24.2. The Kier molecular flexibility index (Phi) is 7.37. The molecular weight excluding hydrogens is 454 g/mol. The highest BCUT2D eigenvalue weighted by molar-refractivity contribution is 7.80. The van der Waals surface area contributed by atoms with Crippen molar-refractivity contribution in [1.82, 2.24) is 5.32 Å². The second-order valence-electron chi connectivity index (χ2n) is 7.18. The number of hydrogen-bond donors (Lipinski definition) is 1. The van der Waals surface area contributed by atoms with Crippen molar-refractivity contribution in [3.8, 4) is 17.2 Å². The number of allylic oxidation sites excluding steroid dienone is 1. The second-order valence-corrected chi connectivity index (χ2v) is 7.57. The molecule has 1 atom stereocenters. The molecule has 0 amide bonds. The van der Waals surface area contributed by atoms with Crippen LogP contribution in [0, 0.1) is 6.92 Å². The Hall–Kier alpha value is -3.40. The number of nitrogens with one attached hydrogen (secondary N) is 1. The number of anilines is 1. The molecule has 7 nitrogen and oxygen atoms in total. The van der Waals surface area contributed by atoms with Crippen LogP contribution in [0.1, 0.15) is 24.1 Å². The van der Waals surface area contributed by atoms with Crippen molar-refractivity contribution >= 4 is 29.0 Å². The second kappa shape index (κ2) is 10.0. The number of nitrogens with zero attached hydrogens (tertiary/aromatic N) is 1. The van der Waals surface area contributed by atoms with E-state index in [1.54, 1.807) is 11.8 Å². The summed E-state index contributed by atoms with van der Waals surface area (Å²) in [5.74, 6) is -0.796. The lowest BCUT2D eigenvalue weighted by Gasteiger charge is -2.37. The van der Waals surface area contributed by atoms with Gasteiger partial charge >= 0.3 is 12.6 Å². The number of esters is 1. The van der Waals surface area contributed by atoms with Gasteiger partial charge in [-0.3, -0.25) is 4.90 Å². The Morgan fingerprint density at radius 1 is 1.09 bits per heavy atom. The number of ether oxygens (including phenoxy) is 4. The number of alkyl halides is 2. The summed E-state index contributed by atoms with van der Waals surface area (Å²) in [5, 5.41) is 3.51. The minimum Gasteiger partial charge on any atom is -0.493 e. The minimum absolute atomic E-state index is 0.0142. The SMILES string of the molecule is COC(=O)C1=C(C)N(c2cccc(C)c2)C(=S)N[C@@H]1c1cc(OC)c(OC(F)F)c(OC)c1. The van der Waals surface area contributed by atoms with Crippen molar-refractivity contribution in [2.24, 2.45) is 0 Å². The van der Waals surface area contributed by atoms with Crippen molar-refractivity contribution < 1.29 is 32.5 Å². The fourth-order valence-corrected chi connectivity index (χ4v) is 4.08. The summed E-state index contributed by atoms with van der Waals surface area (Å²) in [5.41, 5.74) is 3.14. The van der Waals surface area contributed by atoms with Crippen molar-refractivity contribution in [2.45, 2.75) is 26.5 Å². The van der Waals surface area contributed by atoms with Gasteiger partial charge in [0, 0.05) is 11.4 Å². The smallest absolute Gasteiger partial charge is 0.387 e. The maximum atomic E-state index is 12.9. The maximum absolute atomic E-state index is 12.9. The van der Waals surface area contributed by atoms with Gasteiger partial charge in [0.2, 0.25) is 5.75 Å². The molecule has 176 valence electrons. The Bertz CT molecular complexity index is 1080. The van der Waals surface area contributed by atoms with Gasteiger partial charge in [-0.25, -0.2) is 4.79 Å². The molecule has 0 radical (unpaired) electrons. The number of benzene rings is 2. The lowest BCUT2D eigenvalue weighted by Crippen LogP contribution is -2.48. The van der Waals surface area contributed by atoms with Crippen LogP contribution in [0.2, 0.25) is 0 Å². The number of methoxy groups -OCH3 is 3. The van der Waals surface area contributed by atoms with Crippen LogP contribution in [0.5, 0.6) is 17.2 Å². The van der Waals surface area contributed by atoms with Crippen molar-refractivity contribution in [2.75, 3.05) is 26.2 Å². The van der Waals surface area contributed by atoms with Gasteiger partial charge in [-0.05, 0) is 61.5 Å². The molecule has 2 aromatic rings. The zero-order valence-corrected chi connectivity index (χ0v) is 19.6. The highest BCUT2D eigenvalue weighted by atomic mass is 32.1. The first-order valence-corrected chi connectivity index (χ1v) is 10.3. The lowest BCUT2D eigenvalue weighted by molar-refractivity contribution is -0.136. The number of carbonyl (C=O) groups is 1. The molecule has 10 heteroatoms. The molecule has 0 aromatic heterocycles. The minimum atomic E-state index is -3.07. The van der Waals surface area contributed by atoms with Gasteiger partial charge in [-0.1, -0.05) is 12.1 Å². The fourth-order valence-electron chi connectivity index (χ4n) is 3.72. The standard InChI is InChI=1S/C23H24F2N2O5S/c1-12-7-6-8-15(9-12)27-13(2)18(21(28)31-5)19(26-23(27)33)14-10-16(29-3)20(32-22(24)25)17(11-14)30-4/h6-11,19,22H,1-5H3,(H,26,33)/t19-/m1/s1. The van der Waals surface area contributed by atoms with Crippen molar-refractivity contribution in [1.29, 1.82) is 0 Å². The number of hydrogen-bond acceptors (Lipinski definition) is 6. The van der Waals surface area contributed by atoms with Gasteiger partial charge in [-0.15, -0.1) is 0 Å². The predicted octanol–water partition coefficient (Wildman–Crippen LogP) is 4.50. The summed E-state index contributed by atoms with van der Waals surface area (Å²) in [4.78, 5) is 14.6. The average molecular weight is 479 g/mol. The molecule has 0 aliphatic carbocycles. The van der Waals surface area contributed by atoms with Crippen LogP contribution in [0.15, 0.2) is 47.7 Å². The Morgan fingerprint density at radius 2 is 1.73 bits per heavy atom. The molecule has 1 heterocycles. The molecule has 0 spiro atoms. The number of aryl methyl sites for hydroxylation is 1. The van der Waals surface area contributed by atoms with Gasteiger partial charge in [0.25, 0.3) is 0 Å².